The van der Waals surface area contributed by atoms with Crippen molar-refractivity contribution in [2.75, 3.05) is 11.9 Å². The molecule has 2 aromatic carbocycles. The molecule has 0 radical (unpaired) electrons. The smallest absolute Gasteiger partial charge is 0.308 e. The third-order valence-corrected chi connectivity index (χ3v) is 3.23. The monoisotopic (exact) mass is 319 g/mol. The summed E-state index contributed by atoms with van der Waals surface area (Å²) in [6.07, 6.45) is 0. The second kappa shape index (κ2) is 8.20. The van der Waals surface area contributed by atoms with Crippen LogP contribution in [0.5, 0.6) is 0 Å². The number of halogens is 1. The third kappa shape index (κ3) is 4.33. The van der Waals surface area contributed by atoms with E-state index in [9.17, 15) is 9.59 Å². The Morgan fingerprint density at radius 3 is 2.27 bits per heavy atom. The van der Waals surface area contributed by atoms with Crippen LogP contribution < -0.4 is 5.32 Å². The van der Waals surface area contributed by atoms with Gasteiger partial charge in [0.05, 0.1) is 5.92 Å². The predicted molar refractivity (Wildman–Crippen MR) is 88.9 cm³/mol. The minimum atomic E-state index is -0.866. The SMILES string of the molecule is CC(CNc1ccccc1C(=O)c1ccccc1)C(=O)O.Cl. The van der Waals surface area contributed by atoms with Gasteiger partial charge in [0.1, 0.15) is 0 Å². The Bertz CT molecular complexity index is 643. The molecule has 0 saturated carbocycles. The van der Waals surface area contributed by atoms with Gasteiger partial charge in [-0.25, -0.2) is 0 Å². The van der Waals surface area contributed by atoms with E-state index < -0.39 is 11.9 Å². The summed E-state index contributed by atoms with van der Waals surface area (Å²) < 4.78 is 0. The van der Waals surface area contributed by atoms with E-state index in [1.54, 1.807) is 37.3 Å². The van der Waals surface area contributed by atoms with Gasteiger partial charge >= 0.3 is 5.97 Å². The van der Waals surface area contributed by atoms with Gasteiger partial charge < -0.3 is 10.4 Å². The van der Waals surface area contributed by atoms with E-state index in [2.05, 4.69) is 5.32 Å². The quantitative estimate of drug-likeness (QED) is 0.800. The van der Waals surface area contributed by atoms with Crippen molar-refractivity contribution in [1.29, 1.82) is 0 Å². The average molecular weight is 320 g/mol. The molecule has 0 bridgehead atoms. The normalized spacial score (nSPS) is 11.1. The number of aliphatic carboxylic acids is 1. The summed E-state index contributed by atoms with van der Waals surface area (Å²) in [7, 11) is 0. The van der Waals surface area contributed by atoms with Gasteiger partial charge in [-0.2, -0.15) is 0 Å². The van der Waals surface area contributed by atoms with Gasteiger partial charge in [-0.1, -0.05) is 49.4 Å². The molecule has 0 heterocycles. The average Bonchev–Trinajstić information content (AvgIpc) is 2.53. The first-order valence-corrected chi connectivity index (χ1v) is 6.75. The summed E-state index contributed by atoms with van der Waals surface area (Å²) in [5.41, 5.74) is 1.80. The second-order valence-electron chi connectivity index (χ2n) is 4.86. The van der Waals surface area contributed by atoms with Crippen LogP contribution in [0.15, 0.2) is 54.6 Å². The van der Waals surface area contributed by atoms with E-state index in [1.807, 2.05) is 24.3 Å². The van der Waals surface area contributed by atoms with Crippen LogP contribution in [0.1, 0.15) is 22.8 Å². The molecular weight excluding hydrogens is 302 g/mol. The topological polar surface area (TPSA) is 66.4 Å². The van der Waals surface area contributed by atoms with Crippen molar-refractivity contribution in [3.8, 4) is 0 Å². The maximum atomic E-state index is 12.5. The maximum Gasteiger partial charge on any atom is 0.308 e. The third-order valence-electron chi connectivity index (χ3n) is 3.23. The molecule has 1 unspecified atom stereocenters. The van der Waals surface area contributed by atoms with Crippen molar-refractivity contribution in [2.45, 2.75) is 6.92 Å². The van der Waals surface area contributed by atoms with Crippen LogP contribution in [0.3, 0.4) is 0 Å². The van der Waals surface area contributed by atoms with E-state index in [1.165, 1.54) is 0 Å². The standard InChI is InChI=1S/C17H17NO3.ClH/c1-12(17(20)21)11-18-15-10-6-5-9-14(15)16(19)13-7-3-2-4-8-13;/h2-10,12,18H,11H2,1H3,(H,20,21);1H. The molecule has 116 valence electrons. The Kier molecular flexibility index (Phi) is 6.60. The number of hydrogen-bond donors (Lipinski definition) is 2. The fourth-order valence-corrected chi connectivity index (χ4v) is 1.93. The van der Waals surface area contributed by atoms with Crippen LogP contribution in [0.25, 0.3) is 0 Å². The number of para-hydroxylation sites is 1. The summed E-state index contributed by atoms with van der Waals surface area (Å²) in [6.45, 7) is 1.89. The molecule has 0 amide bonds. The zero-order chi connectivity index (χ0) is 15.2. The zero-order valence-corrected chi connectivity index (χ0v) is 13.0. The molecule has 0 aliphatic heterocycles. The van der Waals surface area contributed by atoms with Gasteiger partial charge in [0, 0.05) is 23.4 Å². The van der Waals surface area contributed by atoms with Crippen molar-refractivity contribution < 1.29 is 14.7 Å². The zero-order valence-electron chi connectivity index (χ0n) is 12.2. The molecule has 1 atom stereocenters. The number of carbonyl (C=O) groups is 2. The maximum absolute atomic E-state index is 12.5. The second-order valence-corrected chi connectivity index (χ2v) is 4.86. The minimum absolute atomic E-state index is 0. The van der Waals surface area contributed by atoms with Gasteiger partial charge in [0.25, 0.3) is 0 Å². The molecule has 0 fully saturated rings. The first-order chi connectivity index (χ1) is 10.1. The van der Waals surface area contributed by atoms with Crippen LogP contribution in [0.2, 0.25) is 0 Å². The van der Waals surface area contributed by atoms with Crippen molar-refractivity contribution in [1.82, 2.24) is 0 Å². The van der Waals surface area contributed by atoms with Crippen LogP contribution in [0, 0.1) is 5.92 Å². The van der Waals surface area contributed by atoms with Crippen LogP contribution in [0.4, 0.5) is 5.69 Å². The lowest BCUT2D eigenvalue weighted by atomic mass is 10.0. The highest BCUT2D eigenvalue weighted by Gasteiger charge is 2.15. The minimum Gasteiger partial charge on any atom is -0.481 e. The summed E-state index contributed by atoms with van der Waals surface area (Å²) in [5.74, 6) is -1.47. The number of carbonyl (C=O) groups excluding carboxylic acids is 1. The van der Waals surface area contributed by atoms with Gasteiger partial charge in [0.15, 0.2) is 5.78 Å². The number of carboxylic acids is 1. The van der Waals surface area contributed by atoms with Crippen LogP contribution in [-0.2, 0) is 4.79 Å². The number of benzene rings is 2. The Hall–Kier alpha value is -2.33. The fraction of sp³-hybridized carbons (Fsp3) is 0.176. The number of nitrogens with one attached hydrogen (secondary N) is 1. The molecule has 5 heteroatoms. The highest BCUT2D eigenvalue weighted by molar-refractivity contribution is 6.12. The van der Waals surface area contributed by atoms with Crippen molar-refractivity contribution in [3.05, 3.63) is 65.7 Å². The molecule has 0 spiro atoms. The molecular formula is C17H18ClNO3. The molecule has 2 rings (SSSR count). The van der Waals surface area contributed by atoms with Gasteiger partial charge in [0.2, 0.25) is 0 Å². The Morgan fingerprint density at radius 2 is 1.64 bits per heavy atom. The van der Waals surface area contributed by atoms with Gasteiger partial charge in [-0.05, 0) is 12.1 Å². The van der Waals surface area contributed by atoms with Crippen molar-refractivity contribution in [2.24, 2.45) is 5.92 Å². The molecule has 2 aromatic rings. The van der Waals surface area contributed by atoms with Crippen LogP contribution >= 0.6 is 12.4 Å². The van der Waals surface area contributed by atoms with E-state index >= 15 is 0 Å². The number of ketones is 1. The van der Waals surface area contributed by atoms with Crippen LogP contribution in [-0.4, -0.2) is 23.4 Å². The largest absolute Gasteiger partial charge is 0.481 e. The number of carboxylic acid groups (broad SMARTS) is 1. The van der Waals surface area contributed by atoms with Crippen molar-refractivity contribution >= 4 is 29.8 Å². The predicted octanol–water partition coefficient (Wildman–Crippen LogP) is 3.47. The molecule has 2 N–H and O–H groups in total. The highest BCUT2D eigenvalue weighted by atomic mass is 35.5. The van der Waals surface area contributed by atoms with Gasteiger partial charge in [-0.3, -0.25) is 9.59 Å². The van der Waals surface area contributed by atoms with Crippen molar-refractivity contribution in [3.63, 3.8) is 0 Å². The summed E-state index contributed by atoms with van der Waals surface area (Å²) in [4.78, 5) is 23.3. The Morgan fingerprint density at radius 1 is 1.05 bits per heavy atom. The lowest BCUT2D eigenvalue weighted by Crippen LogP contribution is -2.20. The summed E-state index contributed by atoms with van der Waals surface area (Å²) in [6, 6.07) is 16.1. The molecule has 4 nitrogen and oxygen atoms in total. The van der Waals surface area contributed by atoms with Gasteiger partial charge in [-0.15, -0.1) is 12.4 Å². The van der Waals surface area contributed by atoms with E-state index in [0.29, 0.717) is 16.8 Å². The summed E-state index contributed by atoms with van der Waals surface area (Å²) >= 11 is 0. The molecule has 22 heavy (non-hydrogen) atoms. The molecule has 0 saturated heterocycles. The number of hydrogen-bond acceptors (Lipinski definition) is 3. The molecule has 0 aliphatic carbocycles. The van der Waals surface area contributed by atoms with E-state index in [4.69, 9.17) is 5.11 Å². The summed E-state index contributed by atoms with van der Waals surface area (Å²) in [5, 5.41) is 12.0. The van der Waals surface area contributed by atoms with E-state index in [0.717, 1.165) is 0 Å². The first kappa shape index (κ1) is 17.7. The Balaban J connectivity index is 0.00000242. The first-order valence-electron chi connectivity index (χ1n) is 6.75. The fourth-order valence-electron chi connectivity index (χ4n) is 1.93. The molecule has 0 aromatic heterocycles. The molecule has 0 aliphatic rings. The Labute approximate surface area is 135 Å². The highest BCUT2D eigenvalue weighted by Crippen LogP contribution is 2.19. The lowest BCUT2D eigenvalue weighted by Gasteiger charge is -2.13. The lowest BCUT2D eigenvalue weighted by molar-refractivity contribution is -0.140. The van der Waals surface area contributed by atoms with E-state index in [-0.39, 0.29) is 24.7 Å². The number of rotatable bonds is 6. The number of anilines is 1.